The van der Waals surface area contributed by atoms with E-state index >= 15 is 0 Å². The summed E-state index contributed by atoms with van der Waals surface area (Å²) >= 11 is 0. The molecule has 0 unspecified atom stereocenters. The van der Waals surface area contributed by atoms with Crippen molar-refractivity contribution in [3.05, 3.63) is 71.7 Å². The van der Waals surface area contributed by atoms with E-state index in [0.717, 1.165) is 18.7 Å². The molecule has 0 atom stereocenters. The first-order chi connectivity index (χ1) is 15.7. The van der Waals surface area contributed by atoms with Gasteiger partial charge in [0.25, 0.3) is 5.91 Å². The third-order valence-corrected chi connectivity index (χ3v) is 5.60. The Morgan fingerprint density at radius 3 is 2.72 bits per heavy atom. The van der Waals surface area contributed by atoms with Gasteiger partial charge in [-0.1, -0.05) is 18.2 Å². The standard InChI is InChI=1S/C23H23FN4O4/c24-17-3-1-2-4-19(17)28-9-7-27(8-10-28)13-22-26-18(14-30-22)23(29)25-12-16-5-6-20-21(11-16)32-15-31-20/h1-6,11,14H,7-10,12-13,15H2,(H,25,29). The number of aromatic nitrogens is 1. The topological polar surface area (TPSA) is 80.1 Å². The van der Waals surface area contributed by atoms with E-state index in [1.54, 1.807) is 12.1 Å². The lowest BCUT2D eigenvalue weighted by atomic mass is 10.2. The van der Waals surface area contributed by atoms with E-state index in [4.69, 9.17) is 13.9 Å². The number of carbonyl (C=O) groups is 1. The summed E-state index contributed by atoms with van der Waals surface area (Å²) < 4.78 is 30.2. The Kier molecular flexibility index (Phi) is 5.64. The number of hydrogen-bond acceptors (Lipinski definition) is 7. The highest BCUT2D eigenvalue weighted by Crippen LogP contribution is 2.32. The number of nitrogens with zero attached hydrogens (tertiary/aromatic N) is 3. The molecule has 9 heteroatoms. The molecular weight excluding hydrogens is 415 g/mol. The average Bonchev–Trinajstić information content (AvgIpc) is 3.48. The predicted octanol–water partition coefficient (Wildman–Crippen LogP) is 2.79. The lowest BCUT2D eigenvalue weighted by Gasteiger charge is -2.35. The van der Waals surface area contributed by atoms with Crippen LogP contribution in [0.3, 0.4) is 0 Å². The number of amides is 1. The Bertz CT molecular complexity index is 1110. The zero-order chi connectivity index (χ0) is 21.9. The number of nitrogens with one attached hydrogen (secondary N) is 1. The number of oxazole rings is 1. The number of para-hydroxylation sites is 1. The molecule has 0 spiro atoms. The van der Waals surface area contributed by atoms with Crippen molar-refractivity contribution in [3.63, 3.8) is 0 Å². The average molecular weight is 438 g/mol. The van der Waals surface area contributed by atoms with E-state index in [1.165, 1.54) is 12.3 Å². The summed E-state index contributed by atoms with van der Waals surface area (Å²) in [4.78, 5) is 21.0. The second-order valence-electron chi connectivity index (χ2n) is 7.71. The molecule has 2 aliphatic rings. The predicted molar refractivity (Wildman–Crippen MR) is 114 cm³/mol. The molecule has 3 heterocycles. The number of carbonyl (C=O) groups excluding carboxylic acids is 1. The lowest BCUT2D eigenvalue weighted by molar-refractivity contribution is 0.0945. The minimum atomic E-state index is -0.304. The van der Waals surface area contributed by atoms with Gasteiger partial charge in [-0.2, -0.15) is 0 Å². The Morgan fingerprint density at radius 2 is 1.88 bits per heavy atom. The van der Waals surface area contributed by atoms with Crippen molar-refractivity contribution in [1.82, 2.24) is 15.2 Å². The maximum atomic E-state index is 14.0. The fourth-order valence-electron chi connectivity index (χ4n) is 3.86. The van der Waals surface area contributed by atoms with Gasteiger partial charge in [0, 0.05) is 32.7 Å². The molecule has 0 saturated carbocycles. The molecule has 1 amide bonds. The van der Waals surface area contributed by atoms with Crippen LogP contribution in [0.2, 0.25) is 0 Å². The van der Waals surface area contributed by atoms with Crippen LogP contribution in [0.25, 0.3) is 0 Å². The molecule has 0 bridgehead atoms. The van der Waals surface area contributed by atoms with Gasteiger partial charge in [0.15, 0.2) is 17.2 Å². The highest BCUT2D eigenvalue weighted by molar-refractivity contribution is 5.91. The molecule has 8 nitrogen and oxygen atoms in total. The van der Waals surface area contributed by atoms with Gasteiger partial charge in [-0.05, 0) is 29.8 Å². The van der Waals surface area contributed by atoms with Gasteiger partial charge in [-0.15, -0.1) is 0 Å². The first-order valence-electron chi connectivity index (χ1n) is 10.5. The molecule has 1 fully saturated rings. The number of rotatable bonds is 6. The normalized spacial score (nSPS) is 15.7. The van der Waals surface area contributed by atoms with Crippen molar-refractivity contribution in [1.29, 1.82) is 0 Å². The van der Waals surface area contributed by atoms with Gasteiger partial charge >= 0.3 is 0 Å². The molecule has 0 aliphatic carbocycles. The SMILES string of the molecule is O=C(NCc1ccc2c(c1)OCO2)c1coc(CN2CCN(c3ccccc3F)CC2)n1. The van der Waals surface area contributed by atoms with E-state index in [1.807, 2.05) is 29.2 Å². The summed E-state index contributed by atoms with van der Waals surface area (Å²) in [5.41, 5.74) is 1.77. The first kappa shape index (κ1) is 20.3. The minimum Gasteiger partial charge on any atom is -0.454 e. The number of halogens is 1. The third kappa shape index (κ3) is 4.38. The van der Waals surface area contributed by atoms with Crippen LogP contribution >= 0.6 is 0 Å². The summed E-state index contributed by atoms with van der Waals surface area (Å²) in [5.74, 6) is 1.36. The van der Waals surface area contributed by atoms with Gasteiger partial charge in [-0.25, -0.2) is 9.37 Å². The Morgan fingerprint density at radius 1 is 1.06 bits per heavy atom. The number of fused-ring (bicyclic) bond motifs is 1. The summed E-state index contributed by atoms with van der Waals surface area (Å²) in [6, 6.07) is 12.4. The summed E-state index contributed by atoms with van der Waals surface area (Å²) in [5, 5.41) is 2.84. The summed E-state index contributed by atoms with van der Waals surface area (Å²) in [6.45, 7) is 3.99. The Labute approximate surface area is 184 Å². The molecule has 166 valence electrons. The maximum Gasteiger partial charge on any atom is 0.273 e. The van der Waals surface area contributed by atoms with Crippen LogP contribution in [0.1, 0.15) is 21.9 Å². The van der Waals surface area contributed by atoms with E-state index in [2.05, 4.69) is 15.2 Å². The lowest BCUT2D eigenvalue weighted by Crippen LogP contribution is -2.46. The second kappa shape index (κ2) is 8.88. The molecule has 1 N–H and O–H groups in total. The van der Waals surface area contributed by atoms with E-state index in [-0.39, 0.29) is 24.2 Å². The van der Waals surface area contributed by atoms with Crippen LogP contribution in [-0.4, -0.2) is 48.8 Å². The minimum absolute atomic E-state index is 0.204. The molecule has 5 rings (SSSR count). The zero-order valence-corrected chi connectivity index (χ0v) is 17.4. The zero-order valence-electron chi connectivity index (χ0n) is 17.4. The molecule has 2 aromatic carbocycles. The van der Waals surface area contributed by atoms with Crippen LogP contribution in [0.5, 0.6) is 11.5 Å². The van der Waals surface area contributed by atoms with Crippen LogP contribution in [0, 0.1) is 5.82 Å². The van der Waals surface area contributed by atoms with Crippen molar-refractivity contribution in [3.8, 4) is 11.5 Å². The van der Waals surface area contributed by atoms with E-state index < -0.39 is 0 Å². The van der Waals surface area contributed by atoms with Crippen molar-refractivity contribution in [2.45, 2.75) is 13.1 Å². The molecule has 1 saturated heterocycles. The van der Waals surface area contributed by atoms with Crippen molar-refractivity contribution < 1.29 is 23.1 Å². The van der Waals surface area contributed by atoms with Crippen molar-refractivity contribution in [2.24, 2.45) is 0 Å². The smallest absolute Gasteiger partial charge is 0.273 e. The van der Waals surface area contributed by atoms with Gasteiger partial charge in [0.2, 0.25) is 12.7 Å². The number of hydrogen-bond donors (Lipinski definition) is 1. The van der Waals surface area contributed by atoms with Gasteiger partial charge in [0.1, 0.15) is 12.1 Å². The maximum absolute atomic E-state index is 14.0. The molecule has 2 aliphatic heterocycles. The Hall–Kier alpha value is -3.59. The molecule has 1 aromatic heterocycles. The van der Waals surface area contributed by atoms with Gasteiger partial charge in [0.05, 0.1) is 12.2 Å². The number of ether oxygens (including phenoxy) is 2. The van der Waals surface area contributed by atoms with Crippen LogP contribution in [-0.2, 0) is 13.1 Å². The largest absolute Gasteiger partial charge is 0.454 e. The van der Waals surface area contributed by atoms with Crippen LogP contribution in [0.4, 0.5) is 10.1 Å². The number of anilines is 1. The Balaban J connectivity index is 1.12. The molecule has 32 heavy (non-hydrogen) atoms. The van der Waals surface area contributed by atoms with Gasteiger partial charge < -0.3 is 24.1 Å². The summed E-state index contributed by atoms with van der Waals surface area (Å²) in [6.07, 6.45) is 1.37. The van der Waals surface area contributed by atoms with Gasteiger partial charge in [-0.3, -0.25) is 9.69 Å². The first-order valence-corrected chi connectivity index (χ1v) is 10.5. The highest BCUT2D eigenvalue weighted by atomic mass is 19.1. The molecule has 3 aromatic rings. The van der Waals surface area contributed by atoms with Crippen LogP contribution < -0.4 is 19.7 Å². The number of piperazine rings is 1. The number of benzene rings is 2. The highest BCUT2D eigenvalue weighted by Gasteiger charge is 2.21. The third-order valence-electron chi connectivity index (χ3n) is 5.60. The quantitative estimate of drug-likeness (QED) is 0.634. The molecule has 0 radical (unpaired) electrons. The van der Waals surface area contributed by atoms with E-state index in [9.17, 15) is 9.18 Å². The fourth-order valence-corrected chi connectivity index (χ4v) is 3.86. The van der Waals surface area contributed by atoms with Crippen molar-refractivity contribution >= 4 is 11.6 Å². The van der Waals surface area contributed by atoms with E-state index in [0.29, 0.717) is 49.3 Å². The van der Waals surface area contributed by atoms with Crippen LogP contribution in [0.15, 0.2) is 53.1 Å². The summed E-state index contributed by atoms with van der Waals surface area (Å²) in [7, 11) is 0. The monoisotopic (exact) mass is 438 g/mol. The van der Waals surface area contributed by atoms with Crippen molar-refractivity contribution in [2.75, 3.05) is 37.9 Å². The molecular formula is C23H23FN4O4. The fraction of sp³-hybridized carbons (Fsp3) is 0.304. The second-order valence-corrected chi connectivity index (χ2v) is 7.71.